The van der Waals surface area contributed by atoms with Crippen molar-refractivity contribution in [3.05, 3.63) is 125 Å². The van der Waals surface area contributed by atoms with Crippen LogP contribution >= 0.6 is 24.0 Å². The van der Waals surface area contributed by atoms with Crippen molar-refractivity contribution in [1.29, 1.82) is 0 Å². The minimum atomic E-state index is -0.530. The summed E-state index contributed by atoms with van der Waals surface area (Å²) in [5.41, 5.74) is 7.72. The molecule has 7 nitrogen and oxygen atoms in total. The molecule has 1 amide bonds. The maximum Gasteiger partial charge on any atom is 0.407 e. The van der Waals surface area contributed by atoms with E-state index in [1.165, 1.54) is 11.1 Å². The Morgan fingerprint density at radius 3 is 2.12 bits per heavy atom. The first-order chi connectivity index (χ1) is 20.3. The Balaban J connectivity index is 0.00000211. The molecule has 0 radical (unpaired) electrons. The standard InChI is InChI=1S/C33H37N5O2.C2H6.HI/c1-24-29(16-19-36-31(24)23-35-21-27-14-17-34-18-15-27)38-30(20-25-8-6-5-7-9-25)28-12-10-26(11-13-28)22-37-32(39)40-33(2,3)4;1-2;/h5-19,35H,20-23H2,1-4H3,(H,37,39);1-2H3;1H. The molecular weight excluding hydrogens is 649 g/mol. The molecule has 0 aliphatic heterocycles. The van der Waals surface area contributed by atoms with Gasteiger partial charge in [0.05, 0.1) is 17.1 Å². The fourth-order valence-corrected chi connectivity index (χ4v) is 4.14. The molecule has 4 rings (SSSR count). The number of ether oxygens (including phenoxy) is 1. The monoisotopic (exact) mass is 693 g/mol. The van der Waals surface area contributed by atoms with Crippen molar-refractivity contribution >= 4 is 41.5 Å². The third-order valence-corrected chi connectivity index (χ3v) is 6.24. The molecule has 0 saturated heterocycles. The van der Waals surface area contributed by atoms with Crippen molar-refractivity contribution in [2.45, 2.75) is 73.2 Å². The molecule has 8 heteroatoms. The predicted octanol–water partition coefficient (Wildman–Crippen LogP) is 8.11. The van der Waals surface area contributed by atoms with Crippen LogP contribution in [-0.4, -0.2) is 27.4 Å². The number of pyridine rings is 2. The van der Waals surface area contributed by atoms with Gasteiger partial charge in [0.2, 0.25) is 0 Å². The summed E-state index contributed by atoms with van der Waals surface area (Å²) in [6.07, 6.45) is 5.68. The molecule has 2 aromatic carbocycles. The van der Waals surface area contributed by atoms with Crippen molar-refractivity contribution in [2.24, 2.45) is 4.99 Å². The van der Waals surface area contributed by atoms with E-state index in [0.717, 1.165) is 40.3 Å². The van der Waals surface area contributed by atoms with Gasteiger partial charge in [-0.15, -0.1) is 24.0 Å². The first kappa shape index (κ1) is 35.6. The van der Waals surface area contributed by atoms with Gasteiger partial charge in [0.1, 0.15) is 5.60 Å². The Hall–Kier alpha value is -3.63. The third kappa shape index (κ3) is 12.2. The molecule has 43 heavy (non-hydrogen) atoms. The van der Waals surface area contributed by atoms with E-state index in [9.17, 15) is 4.79 Å². The molecule has 228 valence electrons. The van der Waals surface area contributed by atoms with Crippen LogP contribution in [0.2, 0.25) is 0 Å². The van der Waals surface area contributed by atoms with Crippen LogP contribution in [0.4, 0.5) is 10.5 Å². The van der Waals surface area contributed by atoms with E-state index < -0.39 is 11.7 Å². The number of aromatic nitrogens is 2. The zero-order chi connectivity index (χ0) is 30.4. The Morgan fingerprint density at radius 2 is 1.47 bits per heavy atom. The van der Waals surface area contributed by atoms with Gasteiger partial charge in [0.15, 0.2) is 0 Å². The van der Waals surface area contributed by atoms with Crippen LogP contribution in [0.15, 0.2) is 96.4 Å². The van der Waals surface area contributed by atoms with Crippen LogP contribution in [0.25, 0.3) is 0 Å². The molecule has 4 aromatic rings. The molecule has 0 saturated carbocycles. The number of hydrogen-bond acceptors (Lipinski definition) is 6. The minimum absolute atomic E-state index is 0. The Morgan fingerprint density at radius 1 is 0.814 bits per heavy atom. The predicted molar refractivity (Wildman–Crippen MR) is 186 cm³/mol. The molecule has 0 unspecified atom stereocenters. The second-order valence-corrected chi connectivity index (χ2v) is 10.6. The molecule has 0 bridgehead atoms. The molecule has 2 aromatic heterocycles. The van der Waals surface area contributed by atoms with Gasteiger partial charge < -0.3 is 15.4 Å². The number of benzene rings is 2. The number of alkyl carbamates (subject to hydrolysis) is 1. The van der Waals surface area contributed by atoms with Crippen molar-refractivity contribution < 1.29 is 9.53 Å². The number of nitrogens with zero attached hydrogens (tertiary/aromatic N) is 3. The lowest BCUT2D eigenvalue weighted by atomic mass is 10.0. The quantitative estimate of drug-likeness (QED) is 0.130. The van der Waals surface area contributed by atoms with E-state index in [4.69, 9.17) is 9.73 Å². The van der Waals surface area contributed by atoms with Crippen LogP contribution in [0.5, 0.6) is 0 Å². The van der Waals surface area contributed by atoms with E-state index in [1.807, 2.05) is 89.3 Å². The van der Waals surface area contributed by atoms with Crippen LogP contribution in [0.3, 0.4) is 0 Å². The lowest BCUT2D eigenvalue weighted by Gasteiger charge is -2.19. The summed E-state index contributed by atoms with van der Waals surface area (Å²) in [5, 5.41) is 6.29. The summed E-state index contributed by atoms with van der Waals surface area (Å²) in [7, 11) is 0. The Bertz CT molecular complexity index is 1420. The van der Waals surface area contributed by atoms with Gasteiger partial charge in [-0.2, -0.15) is 0 Å². The molecular formula is C35H44IN5O2. The maximum atomic E-state index is 12.0. The van der Waals surface area contributed by atoms with E-state index in [2.05, 4.69) is 51.8 Å². The average Bonchev–Trinajstić information content (AvgIpc) is 2.99. The zero-order valence-electron chi connectivity index (χ0n) is 26.1. The topological polar surface area (TPSA) is 88.5 Å². The summed E-state index contributed by atoms with van der Waals surface area (Å²) >= 11 is 0. The number of carbonyl (C=O) groups excluding carboxylic acids is 1. The van der Waals surface area contributed by atoms with E-state index >= 15 is 0 Å². The SMILES string of the molecule is CC.Cc1c(N=C(Cc2ccccc2)c2ccc(CNC(=O)OC(C)(C)C)cc2)ccnc1CNCc1ccncc1.I. The highest BCUT2D eigenvalue weighted by Gasteiger charge is 2.16. The van der Waals surface area contributed by atoms with Crippen molar-refractivity contribution in [1.82, 2.24) is 20.6 Å². The van der Waals surface area contributed by atoms with Crippen molar-refractivity contribution in [2.75, 3.05) is 0 Å². The highest BCUT2D eigenvalue weighted by Crippen LogP contribution is 2.23. The summed E-state index contributed by atoms with van der Waals surface area (Å²) in [5.74, 6) is 0. The molecule has 0 aliphatic rings. The lowest BCUT2D eigenvalue weighted by molar-refractivity contribution is 0.0523. The van der Waals surface area contributed by atoms with Gasteiger partial charge in [0.25, 0.3) is 0 Å². The number of halogens is 1. The van der Waals surface area contributed by atoms with Crippen LogP contribution < -0.4 is 10.6 Å². The van der Waals surface area contributed by atoms with Gasteiger partial charge in [0, 0.05) is 44.6 Å². The molecule has 0 spiro atoms. The minimum Gasteiger partial charge on any atom is -0.444 e. The maximum absolute atomic E-state index is 12.0. The summed E-state index contributed by atoms with van der Waals surface area (Å²) in [6, 6.07) is 24.4. The first-order valence-electron chi connectivity index (χ1n) is 14.5. The summed E-state index contributed by atoms with van der Waals surface area (Å²) in [4.78, 5) is 25.9. The zero-order valence-corrected chi connectivity index (χ0v) is 28.4. The van der Waals surface area contributed by atoms with Gasteiger partial charge in [-0.1, -0.05) is 68.4 Å². The summed E-state index contributed by atoms with van der Waals surface area (Å²) in [6.45, 7) is 13.4. The Kier molecular flexibility index (Phi) is 15.0. The van der Waals surface area contributed by atoms with Crippen LogP contribution in [0, 0.1) is 6.92 Å². The number of nitrogens with one attached hydrogen (secondary N) is 2. The highest BCUT2D eigenvalue weighted by molar-refractivity contribution is 14.0. The number of carbonyl (C=O) groups is 1. The number of aliphatic imine (C=N–C) groups is 1. The molecule has 0 aliphatic carbocycles. The van der Waals surface area contributed by atoms with Crippen molar-refractivity contribution in [3.63, 3.8) is 0 Å². The second kappa shape index (κ2) is 18.1. The van der Waals surface area contributed by atoms with Crippen molar-refractivity contribution in [3.8, 4) is 0 Å². The fourth-order valence-electron chi connectivity index (χ4n) is 4.14. The molecule has 2 N–H and O–H groups in total. The van der Waals surface area contributed by atoms with Gasteiger partial charge in [-0.3, -0.25) is 15.0 Å². The summed E-state index contributed by atoms with van der Waals surface area (Å²) < 4.78 is 5.34. The molecule has 2 heterocycles. The smallest absolute Gasteiger partial charge is 0.407 e. The van der Waals surface area contributed by atoms with E-state index in [1.54, 1.807) is 12.4 Å². The number of rotatable bonds is 10. The lowest BCUT2D eigenvalue weighted by Crippen LogP contribution is -2.32. The van der Waals surface area contributed by atoms with Crippen LogP contribution in [-0.2, 0) is 30.8 Å². The normalized spacial score (nSPS) is 11.1. The average molecular weight is 694 g/mol. The van der Waals surface area contributed by atoms with Gasteiger partial charge in [-0.25, -0.2) is 4.79 Å². The number of amides is 1. The number of hydrogen-bond donors (Lipinski definition) is 2. The molecule has 0 fully saturated rings. The largest absolute Gasteiger partial charge is 0.444 e. The Labute approximate surface area is 273 Å². The molecule has 0 atom stereocenters. The van der Waals surface area contributed by atoms with Gasteiger partial charge >= 0.3 is 6.09 Å². The second-order valence-electron chi connectivity index (χ2n) is 10.6. The fraction of sp³-hybridized carbons (Fsp3) is 0.314. The first-order valence-corrected chi connectivity index (χ1v) is 14.5. The van der Waals surface area contributed by atoms with E-state index in [0.29, 0.717) is 19.5 Å². The highest BCUT2D eigenvalue weighted by atomic mass is 127. The van der Waals surface area contributed by atoms with E-state index in [-0.39, 0.29) is 24.0 Å². The third-order valence-electron chi connectivity index (χ3n) is 6.24. The van der Waals surface area contributed by atoms with Crippen LogP contribution in [0.1, 0.15) is 68.1 Å². The van der Waals surface area contributed by atoms with Gasteiger partial charge in [-0.05, 0) is 73.7 Å².